The fraction of sp³-hybridized carbons (Fsp3) is 0.316. The Morgan fingerprint density at radius 3 is 2.57 bits per heavy atom. The first-order chi connectivity index (χ1) is 14.2. The number of amides is 2. The third-order valence-corrected chi connectivity index (χ3v) is 4.94. The zero-order valence-electron chi connectivity index (χ0n) is 16.5. The van der Waals surface area contributed by atoms with Gasteiger partial charge in [-0.15, -0.1) is 0 Å². The van der Waals surface area contributed by atoms with Crippen molar-refractivity contribution in [2.24, 2.45) is 0 Å². The van der Waals surface area contributed by atoms with Crippen molar-refractivity contribution < 1.29 is 32.3 Å². The Morgan fingerprint density at radius 2 is 1.90 bits per heavy atom. The second-order valence-corrected chi connectivity index (χ2v) is 7.82. The molecule has 0 radical (unpaired) electrons. The van der Waals surface area contributed by atoms with E-state index in [-0.39, 0.29) is 17.9 Å². The number of benzene rings is 1. The van der Waals surface area contributed by atoms with Crippen LogP contribution in [0.2, 0.25) is 0 Å². The third kappa shape index (κ3) is 7.01. The minimum atomic E-state index is -3.86. The van der Waals surface area contributed by atoms with Gasteiger partial charge in [0, 0.05) is 5.41 Å². The SMILES string of the molecule is CCOC(=O)C1=C(COC(=O)CNS(=O)(=O)C=Cc2ccccc2)NC(=O)NC1C. The first-order valence-corrected chi connectivity index (χ1v) is 10.6. The van der Waals surface area contributed by atoms with E-state index < -0.39 is 47.2 Å². The molecule has 30 heavy (non-hydrogen) atoms. The average Bonchev–Trinajstić information content (AvgIpc) is 2.70. The Morgan fingerprint density at radius 1 is 1.20 bits per heavy atom. The van der Waals surface area contributed by atoms with E-state index in [9.17, 15) is 22.8 Å². The Labute approximate surface area is 174 Å². The van der Waals surface area contributed by atoms with Gasteiger partial charge < -0.3 is 20.1 Å². The van der Waals surface area contributed by atoms with Crippen molar-refractivity contribution in [1.29, 1.82) is 0 Å². The van der Waals surface area contributed by atoms with Crippen LogP contribution in [-0.2, 0) is 29.1 Å². The highest BCUT2D eigenvalue weighted by atomic mass is 32.2. The van der Waals surface area contributed by atoms with E-state index in [1.165, 1.54) is 6.08 Å². The van der Waals surface area contributed by atoms with Gasteiger partial charge in [-0.3, -0.25) is 4.79 Å². The maximum Gasteiger partial charge on any atom is 0.338 e. The van der Waals surface area contributed by atoms with Crippen LogP contribution in [0.4, 0.5) is 4.79 Å². The fourth-order valence-corrected chi connectivity index (χ4v) is 3.29. The van der Waals surface area contributed by atoms with E-state index in [0.29, 0.717) is 5.56 Å². The average molecular weight is 437 g/mol. The molecule has 0 fully saturated rings. The Bertz CT molecular complexity index is 956. The molecular formula is C19H23N3O7S. The van der Waals surface area contributed by atoms with Crippen LogP contribution in [0, 0.1) is 0 Å². The highest BCUT2D eigenvalue weighted by Gasteiger charge is 2.30. The van der Waals surface area contributed by atoms with Crippen LogP contribution in [0.15, 0.2) is 47.0 Å². The lowest BCUT2D eigenvalue weighted by molar-refractivity contribution is -0.142. The van der Waals surface area contributed by atoms with Crippen LogP contribution >= 0.6 is 0 Å². The van der Waals surface area contributed by atoms with E-state index in [1.807, 2.05) is 0 Å². The summed E-state index contributed by atoms with van der Waals surface area (Å²) in [6, 6.07) is 7.57. The quantitative estimate of drug-likeness (QED) is 0.482. The topological polar surface area (TPSA) is 140 Å². The first kappa shape index (κ1) is 23.1. The van der Waals surface area contributed by atoms with E-state index in [2.05, 4.69) is 15.4 Å². The Balaban J connectivity index is 1.95. The summed E-state index contributed by atoms with van der Waals surface area (Å²) in [5, 5.41) is 5.85. The van der Waals surface area contributed by atoms with Crippen molar-refractivity contribution in [3.05, 3.63) is 52.6 Å². The summed E-state index contributed by atoms with van der Waals surface area (Å²) in [6.07, 6.45) is 1.38. The largest absolute Gasteiger partial charge is 0.463 e. The minimum absolute atomic E-state index is 0.0740. The molecule has 10 nitrogen and oxygen atoms in total. The molecule has 0 saturated carbocycles. The molecule has 1 aromatic carbocycles. The van der Waals surface area contributed by atoms with E-state index >= 15 is 0 Å². The monoisotopic (exact) mass is 437 g/mol. The van der Waals surface area contributed by atoms with Crippen LogP contribution in [-0.4, -0.2) is 52.2 Å². The van der Waals surface area contributed by atoms with Gasteiger partial charge in [0.2, 0.25) is 10.0 Å². The number of sulfonamides is 1. The summed E-state index contributed by atoms with van der Waals surface area (Å²) < 4.78 is 36.0. The molecule has 0 aromatic heterocycles. The van der Waals surface area contributed by atoms with Gasteiger partial charge >= 0.3 is 18.0 Å². The lowest BCUT2D eigenvalue weighted by Gasteiger charge is -2.26. The lowest BCUT2D eigenvalue weighted by atomic mass is 10.0. The molecule has 162 valence electrons. The molecule has 1 atom stereocenters. The van der Waals surface area contributed by atoms with Crippen LogP contribution < -0.4 is 15.4 Å². The molecule has 0 spiro atoms. The Kier molecular flexibility index (Phi) is 8.13. The van der Waals surface area contributed by atoms with Gasteiger partial charge in [-0.2, -0.15) is 0 Å². The van der Waals surface area contributed by atoms with Gasteiger partial charge in [-0.05, 0) is 25.5 Å². The van der Waals surface area contributed by atoms with Crippen LogP contribution in [0.1, 0.15) is 19.4 Å². The molecule has 0 aliphatic carbocycles. The molecular weight excluding hydrogens is 414 g/mol. The van der Waals surface area contributed by atoms with Crippen LogP contribution in [0.5, 0.6) is 0 Å². The number of hydrogen-bond acceptors (Lipinski definition) is 7. The van der Waals surface area contributed by atoms with Gasteiger partial charge in [0.05, 0.1) is 23.9 Å². The third-order valence-electron chi connectivity index (χ3n) is 3.90. The van der Waals surface area contributed by atoms with Crippen molar-refractivity contribution in [3.8, 4) is 0 Å². The molecule has 1 aliphatic rings. The number of ether oxygens (including phenoxy) is 2. The van der Waals surface area contributed by atoms with Crippen LogP contribution in [0.3, 0.4) is 0 Å². The van der Waals surface area contributed by atoms with Crippen molar-refractivity contribution >= 4 is 34.1 Å². The summed E-state index contributed by atoms with van der Waals surface area (Å²) in [5.41, 5.74) is 0.875. The number of esters is 2. The van der Waals surface area contributed by atoms with Crippen LogP contribution in [0.25, 0.3) is 6.08 Å². The summed E-state index contributed by atoms with van der Waals surface area (Å²) in [6.45, 7) is 2.31. The molecule has 3 N–H and O–H groups in total. The normalized spacial score (nSPS) is 16.7. The molecule has 0 bridgehead atoms. The molecule has 1 aromatic rings. The number of rotatable bonds is 9. The molecule has 0 saturated heterocycles. The lowest BCUT2D eigenvalue weighted by Crippen LogP contribution is -2.50. The zero-order chi connectivity index (χ0) is 22.1. The van der Waals surface area contributed by atoms with Crippen molar-refractivity contribution in [2.75, 3.05) is 19.8 Å². The summed E-state index contributed by atoms with van der Waals surface area (Å²) in [4.78, 5) is 35.7. The number of carbonyl (C=O) groups excluding carboxylic acids is 3. The summed E-state index contributed by atoms with van der Waals surface area (Å²) in [7, 11) is -3.86. The van der Waals surface area contributed by atoms with Gasteiger partial charge in [-0.25, -0.2) is 22.7 Å². The summed E-state index contributed by atoms with van der Waals surface area (Å²) in [5.74, 6) is -1.54. The second-order valence-electron chi connectivity index (χ2n) is 6.17. The zero-order valence-corrected chi connectivity index (χ0v) is 17.3. The number of carbonyl (C=O) groups is 3. The van der Waals surface area contributed by atoms with E-state index in [1.54, 1.807) is 44.2 Å². The minimum Gasteiger partial charge on any atom is -0.463 e. The first-order valence-electron chi connectivity index (χ1n) is 9.08. The fourth-order valence-electron chi connectivity index (χ4n) is 2.54. The summed E-state index contributed by atoms with van der Waals surface area (Å²) >= 11 is 0. The predicted octanol–water partition coefficient (Wildman–Crippen LogP) is 0.638. The smallest absolute Gasteiger partial charge is 0.338 e. The highest BCUT2D eigenvalue weighted by Crippen LogP contribution is 2.14. The Hall–Kier alpha value is -3.18. The van der Waals surface area contributed by atoms with Gasteiger partial charge in [0.1, 0.15) is 13.2 Å². The van der Waals surface area contributed by atoms with E-state index in [4.69, 9.17) is 9.47 Å². The van der Waals surface area contributed by atoms with E-state index in [0.717, 1.165) is 5.41 Å². The molecule has 2 rings (SSSR count). The number of nitrogens with one attached hydrogen (secondary N) is 3. The molecule has 1 unspecified atom stereocenters. The molecule has 2 amide bonds. The predicted molar refractivity (Wildman–Crippen MR) is 108 cm³/mol. The standard InChI is InChI=1S/C19H23N3O7S/c1-3-28-18(24)17-13(2)21-19(25)22-15(17)12-29-16(23)11-20-30(26,27)10-9-14-7-5-4-6-8-14/h4-10,13,20H,3,11-12H2,1-2H3,(H2,21,22,25). The molecule has 1 heterocycles. The van der Waals surface area contributed by atoms with Gasteiger partial charge in [-0.1, -0.05) is 30.3 Å². The highest BCUT2D eigenvalue weighted by molar-refractivity contribution is 7.92. The molecule has 11 heteroatoms. The van der Waals surface area contributed by atoms with Crippen molar-refractivity contribution in [1.82, 2.24) is 15.4 Å². The molecule has 1 aliphatic heterocycles. The number of hydrogen-bond donors (Lipinski definition) is 3. The maximum absolute atomic E-state index is 12.1. The number of urea groups is 1. The second kappa shape index (κ2) is 10.6. The van der Waals surface area contributed by atoms with Crippen molar-refractivity contribution in [2.45, 2.75) is 19.9 Å². The maximum atomic E-state index is 12.1. The van der Waals surface area contributed by atoms with Gasteiger partial charge in [0.25, 0.3) is 0 Å². The van der Waals surface area contributed by atoms with Gasteiger partial charge in [0.15, 0.2) is 0 Å². The van der Waals surface area contributed by atoms with Crippen molar-refractivity contribution in [3.63, 3.8) is 0 Å².